The minimum absolute atomic E-state index is 0.0755. The SMILES string of the molecule is COC(=O)CCn1c(Cl)cnc1CCC(=O)N1CC[C@H](N)C1. The Morgan fingerprint density at radius 1 is 1.50 bits per heavy atom. The molecule has 8 heteroatoms. The number of likely N-dealkylation sites (tertiary alicyclic amines) is 1. The summed E-state index contributed by atoms with van der Waals surface area (Å²) in [6, 6.07) is 0.0837. The number of hydrogen-bond acceptors (Lipinski definition) is 5. The van der Waals surface area contributed by atoms with E-state index in [2.05, 4.69) is 9.72 Å². The van der Waals surface area contributed by atoms with Crippen LogP contribution >= 0.6 is 11.6 Å². The van der Waals surface area contributed by atoms with Crippen molar-refractivity contribution in [1.82, 2.24) is 14.5 Å². The van der Waals surface area contributed by atoms with Crippen molar-refractivity contribution < 1.29 is 14.3 Å². The van der Waals surface area contributed by atoms with Crippen molar-refractivity contribution in [2.24, 2.45) is 5.73 Å². The van der Waals surface area contributed by atoms with Gasteiger partial charge in [-0.25, -0.2) is 4.98 Å². The van der Waals surface area contributed by atoms with E-state index in [1.54, 1.807) is 9.47 Å². The molecule has 0 saturated carbocycles. The maximum atomic E-state index is 12.1. The van der Waals surface area contributed by atoms with Crippen LogP contribution in [0.2, 0.25) is 5.15 Å². The Labute approximate surface area is 134 Å². The van der Waals surface area contributed by atoms with Gasteiger partial charge in [0.1, 0.15) is 11.0 Å². The number of rotatable bonds is 6. The van der Waals surface area contributed by atoms with E-state index in [-0.39, 0.29) is 24.3 Å². The third kappa shape index (κ3) is 4.20. The molecule has 1 aromatic heterocycles. The minimum Gasteiger partial charge on any atom is -0.469 e. The summed E-state index contributed by atoms with van der Waals surface area (Å²) in [6.45, 7) is 1.73. The van der Waals surface area contributed by atoms with Gasteiger partial charge in [-0.3, -0.25) is 9.59 Å². The van der Waals surface area contributed by atoms with E-state index in [0.29, 0.717) is 36.9 Å². The highest BCUT2D eigenvalue weighted by Crippen LogP contribution is 2.15. The first-order chi connectivity index (χ1) is 10.5. The van der Waals surface area contributed by atoms with E-state index in [1.807, 2.05) is 0 Å². The lowest BCUT2D eigenvalue weighted by molar-refractivity contribution is -0.140. The van der Waals surface area contributed by atoms with Crippen molar-refractivity contribution in [2.75, 3.05) is 20.2 Å². The maximum Gasteiger partial charge on any atom is 0.307 e. The molecule has 0 bridgehead atoms. The van der Waals surface area contributed by atoms with Crippen molar-refractivity contribution in [3.8, 4) is 0 Å². The zero-order valence-corrected chi connectivity index (χ0v) is 13.4. The predicted molar refractivity (Wildman–Crippen MR) is 81.4 cm³/mol. The van der Waals surface area contributed by atoms with Gasteiger partial charge in [0.2, 0.25) is 5.91 Å². The summed E-state index contributed by atoms with van der Waals surface area (Å²) in [5.41, 5.74) is 5.81. The molecule has 2 rings (SSSR count). The van der Waals surface area contributed by atoms with Gasteiger partial charge in [0.25, 0.3) is 0 Å². The van der Waals surface area contributed by atoms with E-state index in [1.165, 1.54) is 13.3 Å². The molecule has 0 spiro atoms. The molecule has 1 amide bonds. The number of ether oxygens (including phenoxy) is 1. The van der Waals surface area contributed by atoms with Crippen molar-refractivity contribution in [3.05, 3.63) is 17.2 Å². The molecule has 2 N–H and O–H groups in total. The monoisotopic (exact) mass is 328 g/mol. The molecule has 122 valence electrons. The van der Waals surface area contributed by atoms with E-state index in [4.69, 9.17) is 17.3 Å². The Hall–Kier alpha value is -1.60. The number of hydrogen-bond donors (Lipinski definition) is 1. The number of carbonyl (C=O) groups is 2. The average molecular weight is 329 g/mol. The number of nitrogens with two attached hydrogens (primary N) is 1. The first-order valence-corrected chi connectivity index (χ1v) is 7.69. The molecular weight excluding hydrogens is 308 g/mol. The van der Waals surface area contributed by atoms with E-state index < -0.39 is 0 Å². The lowest BCUT2D eigenvalue weighted by Gasteiger charge is -2.15. The van der Waals surface area contributed by atoms with Gasteiger partial charge in [-0.15, -0.1) is 0 Å². The topological polar surface area (TPSA) is 90.5 Å². The molecule has 22 heavy (non-hydrogen) atoms. The van der Waals surface area contributed by atoms with Crippen LogP contribution in [0.4, 0.5) is 0 Å². The third-order valence-corrected chi connectivity index (χ3v) is 4.10. The van der Waals surface area contributed by atoms with E-state index >= 15 is 0 Å². The molecule has 2 heterocycles. The number of amides is 1. The fourth-order valence-corrected chi connectivity index (χ4v) is 2.75. The first-order valence-electron chi connectivity index (χ1n) is 7.31. The summed E-state index contributed by atoms with van der Waals surface area (Å²) in [7, 11) is 1.35. The van der Waals surface area contributed by atoms with Gasteiger partial charge in [0.05, 0.1) is 19.7 Å². The molecule has 1 aliphatic heterocycles. The molecule has 0 unspecified atom stereocenters. The molecule has 1 aliphatic rings. The Morgan fingerprint density at radius 3 is 2.91 bits per heavy atom. The molecule has 0 aliphatic carbocycles. The highest BCUT2D eigenvalue weighted by atomic mass is 35.5. The second kappa shape index (κ2) is 7.60. The summed E-state index contributed by atoms with van der Waals surface area (Å²) < 4.78 is 6.35. The van der Waals surface area contributed by atoms with E-state index in [9.17, 15) is 9.59 Å². The minimum atomic E-state index is -0.308. The third-order valence-electron chi connectivity index (χ3n) is 3.80. The molecule has 1 saturated heterocycles. The molecule has 1 aromatic rings. The second-order valence-corrected chi connectivity index (χ2v) is 5.75. The Balaban J connectivity index is 1.89. The number of aromatic nitrogens is 2. The normalized spacial score (nSPS) is 17.8. The standard InChI is InChI=1S/C14H21ClN4O3/c1-22-14(21)5-7-19-11(15)8-17-12(19)2-3-13(20)18-6-4-10(16)9-18/h8,10H,2-7,9,16H2,1H3/t10-/m0/s1. The molecule has 1 fully saturated rings. The lowest BCUT2D eigenvalue weighted by Crippen LogP contribution is -2.32. The van der Waals surface area contributed by atoms with Crippen LogP contribution in [0.3, 0.4) is 0 Å². The largest absolute Gasteiger partial charge is 0.469 e. The summed E-state index contributed by atoms with van der Waals surface area (Å²) >= 11 is 6.07. The highest BCUT2D eigenvalue weighted by molar-refractivity contribution is 6.29. The number of esters is 1. The number of nitrogens with zero attached hydrogens (tertiary/aromatic N) is 3. The van der Waals surface area contributed by atoms with Crippen LogP contribution in [0, 0.1) is 0 Å². The number of carbonyl (C=O) groups excluding carboxylic acids is 2. The summed E-state index contributed by atoms with van der Waals surface area (Å²) in [5, 5.41) is 0.453. The van der Waals surface area contributed by atoms with Crippen LogP contribution in [0.15, 0.2) is 6.20 Å². The smallest absolute Gasteiger partial charge is 0.307 e. The Bertz CT molecular complexity index is 546. The van der Waals surface area contributed by atoms with Gasteiger partial charge in [0.15, 0.2) is 0 Å². The van der Waals surface area contributed by atoms with Crippen molar-refractivity contribution in [2.45, 2.75) is 38.3 Å². The molecule has 7 nitrogen and oxygen atoms in total. The van der Waals surface area contributed by atoms with Crippen LogP contribution in [-0.4, -0.2) is 52.6 Å². The molecular formula is C14H21ClN4O3. The average Bonchev–Trinajstić information content (AvgIpc) is 3.08. The second-order valence-electron chi connectivity index (χ2n) is 5.36. The fraction of sp³-hybridized carbons (Fsp3) is 0.643. The van der Waals surface area contributed by atoms with Crippen LogP contribution in [0.5, 0.6) is 0 Å². The summed E-state index contributed by atoms with van der Waals surface area (Å²) in [5.74, 6) is 0.468. The van der Waals surface area contributed by atoms with Gasteiger partial charge >= 0.3 is 5.97 Å². The van der Waals surface area contributed by atoms with Crippen LogP contribution < -0.4 is 5.73 Å². The fourth-order valence-electron chi connectivity index (χ4n) is 2.52. The zero-order valence-electron chi connectivity index (χ0n) is 12.6. The first kappa shape index (κ1) is 16.8. The van der Waals surface area contributed by atoms with Crippen LogP contribution in [0.1, 0.15) is 25.1 Å². The van der Waals surface area contributed by atoms with Gasteiger partial charge in [0, 0.05) is 38.5 Å². The number of methoxy groups -OCH3 is 1. The predicted octanol–water partition coefficient (Wildman–Crippen LogP) is 0.592. The van der Waals surface area contributed by atoms with Crippen molar-refractivity contribution in [3.63, 3.8) is 0 Å². The number of imidazole rings is 1. The molecule has 0 radical (unpaired) electrons. The van der Waals surface area contributed by atoms with Crippen LogP contribution in [-0.2, 0) is 27.3 Å². The van der Waals surface area contributed by atoms with Crippen molar-refractivity contribution >= 4 is 23.5 Å². The van der Waals surface area contributed by atoms with Gasteiger partial charge in [-0.1, -0.05) is 11.6 Å². The maximum absolute atomic E-state index is 12.1. The molecule has 1 atom stereocenters. The quantitative estimate of drug-likeness (QED) is 0.772. The summed E-state index contributed by atoms with van der Waals surface area (Å²) in [4.78, 5) is 29.4. The highest BCUT2D eigenvalue weighted by Gasteiger charge is 2.23. The number of aryl methyl sites for hydroxylation is 1. The van der Waals surface area contributed by atoms with Crippen LogP contribution in [0.25, 0.3) is 0 Å². The van der Waals surface area contributed by atoms with Gasteiger partial charge < -0.3 is 19.9 Å². The summed E-state index contributed by atoms with van der Waals surface area (Å²) in [6.07, 6.45) is 3.45. The zero-order chi connectivity index (χ0) is 16.1. The Morgan fingerprint density at radius 2 is 2.27 bits per heavy atom. The van der Waals surface area contributed by atoms with Gasteiger partial charge in [-0.05, 0) is 6.42 Å². The lowest BCUT2D eigenvalue weighted by atomic mass is 10.2. The van der Waals surface area contributed by atoms with Crippen molar-refractivity contribution in [1.29, 1.82) is 0 Å². The molecule has 0 aromatic carbocycles. The van der Waals surface area contributed by atoms with E-state index in [0.717, 1.165) is 13.0 Å². The van der Waals surface area contributed by atoms with Gasteiger partial charge in [-0.2, -0.15) is 0 Å². The Kier molecular flexibility index (Phi) is 5.79. The number of halogens is 1.